The molecule has 5 nitrogen and oxygen atoms in total. The molecule has 3 heterocycles. The van der Waals surface area contributed by atoms with Crippen LogP contribution in [0.1, 0.15) is 41.6 Å². The molecule has 2 saturated heterocycles. The lowest BCUT2D eigenvalue weighted by molar-refractivity contribution is 0.0684. The molecule has 2 fully saturated rings. The lowest BCUT2D eigenvalue weighted by atomic mass is 10.1. The molecular weight excluding hydrogens is 284 g/mol. The van der Waals surface area contributed by atoms with Crippen molar-refractivity contribution in [3.05, 3.63) is 10.6 Å². The fraction of sp³-hybridized carbons (Fsp3) is 0.750. The molecule has 2 atom stereocenters. The van der Waals surface area contributed by atoms with Gasteiger partial charge in [-0.25, -0.2) is 0 Å². The summed E-state index contributed by atoms with van der Waals surface area (Å²) in [5.74, 6) is 0.151. The number of rotatable bonds is 2. The second-order valence-electron chi connectivity index (χ2n) is 4.99. The van der Waals surface area contributed by atoms with Crippen LogP contribution in [0, 0.1) is 0 Å². The van der Waals surface area contributed by atoms with E-state index in [2.05, 4.69) is 19.8 Å². The Labute approximate surface area is 123 Å². The van der Waals surface area contributed by atoms with E-state index in [1.54, 1.807) is 0 Å². The van der Waals surface area contributed by atoms with Crippen LogP contribution in [0.4, 0.5) is 0 Å². The van der Waals surface area contributed by atoms with Crippen molar-refractivity contribution < 1.29 is 4.79 Å². The molecule has 106 valence electrons. The summed E-state index contributed by atoms with van der Waals surface area (Å²) in [4.78, 5) is 15.5. The second kappa shape index (κ2) is 6.15. The summed E-state index contributed by atoms with van der Waals surface area (Å²) < 4.78 is 3.93. The van der Waals surface area contributed by atoms with Gasteiger partial charge in [-0.2, -0.15) is 0 Å². The standard InChI is InChI=1S/C12H18N4OS.ClH/c1-2-10-11(18-15-14-10)12(17)16-8-3-4-9(16)7-13-6-5-8;/h8-9,13H,2-7H2,1H3;1H. The first kappa shape index (κ1) is 14.7. The van der Waals surface area contributed by atoms with Crippen molar-refractivity contribution in [2.45, 2.75) is 44.7 Å². The van der Waals surface area contributed by atoms with E-state index >= 15 is 0 Å². The van der Waals surface area contributed by atoms with Gasteiger partial charge in [0, 0.05) is 18.6 Å². The van der Waals surface area contributed by atoms with Gasteiger partial charge in [0.25, 0.3) is 5.91 Å². The fourth-order valence-electron chi connectivity index (χ4n) is 3.03. The Morgan fingerprint density at radius 3 is 3.00 bits per heavy atom. The van der Waals surface area contributed by atoms with Gasteiger partial charge in [0.05, 0.1) is 5.69 Å². The first-order valence-corrected chi connectivity index (χ1v) is 7.43. The van der Waals surface area contributed by atoms with Gasteiger partial charge >= 0.3 is 0 Å². The normalized spacial score (nSPS) is 25.8. The number of aromatic nitrogens is 2. The number of halogens is 1. The molecule has 0 aromatic carbocycles. The summed E-state index contributed by atoms with van der Waals surface area (Å²) in [6.07, 6.45) is 4.11. The van der Waals surface area contributed by atoms with Gasteiger partial charge in [-0.05, 0) is 43.8 Å². The van der Waals surface area contributed by atoms with Gasteiger partial charge in [0.2, 0.25) is 0 Å². The van der Waals surface area contributed by atoms with Gasteiger partial charge in [-0.1, -0.05) is 11.4 Å². The number of amides is 1. The number of fused-ring (bicyclic) bond motifs is 2. The Kier molecular flexibility index (Phi) is 4.76. The van der Waals surface area contributed by atoms with E-state index < -0.39 is 0 Å². The van der Waals surface area contributed by atoms with Crippen LogP contribution in [0.5, 0.6) is 0 Å². The number of nitrogens with zero attached hydrogens (tertiary/aromatic N) is 3. The predicted molar refractivity (Wildman–Crippen MR) is 77.0 cm³/mol. The molecule has 2 unspecified atom stereocenters. The Balaban J connectivity index is 0.00000133. The van der Waals surface area contributed by atoms with E-state index in [1.807, 2.05) is 6.92 Å². The quantitative estimate of drug-likeness (QED) is 0.899. The molecular formula is C12H19ClN4OS. The Bertz CT molecular complexity index is 439. The number of hydrogen-bond donors (Lipinski definition) is 1. The van der Waals surface area contributed by atoms with E-state index in [0.717, 1.165) is 49.3 Å². The lowest BCUT2D eigenvalue weighted by Crippen LogP contribution is -2.42. The van der Waals surface area contributed by atoms with Crippen LogP contribution >= 0.6 is 23.9 Å². The van der Waals surface area contributed by atoms with Gasteiger partial charge in [-0.15, -0.1) is 17.5 Å². The van der Waals surface area contributed by atoms with Crippen molar-refractivity contribution in [3.8, 4) is 0 Å². The molecule has 19 heavy (non-hydrogen) atoms. The van der Waals surface area contributed by atoms with Crippen LogP contribution in [0.3, 0.4) is 0 Å². The summed E-state index contributed by atoms with van der Waals surface area (Å²) >= 11 is 1.24. The van der Waals surface area contributed by atoms with Crippen LogP contribution in [-0.4, -0.2) is 45.6 Å². The third-order valence-electron chi connectivity index (χ3n) is 3.97. The van der Waals surface area contributed by atoms with Crippen molar-refractivity contribution in [1.82, 2.24) is 19.8 Å². The van der Waals surface area contributed by atoms with Crippen molar-refractivity contribution in [2.75, 3.05) is 13.1 Å². The molecule has 1 amide bonds. The van der Waals surface area contributed by atoms with Crippen LogP contribution in [-0.2, 0) is 6.42 Å². The number of aryl methyl sites for hydroxylation is 1. The maximum absolute atomic E-state index is 12.7. The molecule has 3 rings (SSSR count). The molecule has 0 aliphatic carbocycles. The van der Waals surface area contributed by atoms with Crippen molar-refractivity contribution >= 4 is 29.8 Å². The van der Waals surface area contributed by atoms with Gasteiger partial charge < -0.3 is 10.2 Å². The zero-order valence-corrected chi connectivity index (χ0v) is 12.6. The molecule has 7 heteroatoms. The van der Waals surface area contributed by atoms with E-state index in [0.29, 0.717) is 12.1 Å². The largest absolute Gasteiger partial charge is 0.331 e. The average Bonchev–Trinajstić information content (AvgIpc) is 2.91. The first-order chi connectivity index (χ1) is 8.81. The van der Waals surface area contributed by atoms with E-state index in [-0.39, 0.29) is 18.3 Å². The SMILES string of the molecule is CCc1nnsc1C(=O)N1C2CCNCC1CC2.Cl. The van der Waals surface area contributed by atoms with Crippen LogP contribution in [0.15, 0.2) is 0 Å². The van der Waals surface area contributed by atoms with E-state index in [4.69, 9.17) is 0 Å². The predicted octanol–water partition coefficient (Wildman–Crippen LogP) is 1.49. The Morgan fingerprint density at radius 1 is 1.42 bits per heavy atom. The molecule has 1 N–H and O–H groups in total. The average molecular weight is 303 g/mol. The van der Waals surface area contributed by atoms with E-state index in [9.17, 15) is 4.79 Å². The number of carbonyl (C=O) groups is 1. The fourth-order valence-corrected chi connectivity index (χ4v) is 3.73. The smallest absolute Gasteiger partial charge is 0.268 e. The maximum Gasteiger partial charge on any atom is 0.268 e. The van der Waals surface area contributed by atoms with Gasteiger partial charge in [0.1, 0.15) is 4.88 Å². The third kappa shape index (κ3) is 2.61. The lowest BCUT2D eigenvalue weighted by Gasteiger charge is -2.27. The molecule has 1 aromatic heterocycles. The number of hydrogen-bond acceptors (Lipinski definition) is 5. The summed E-state index contributed by atoms with van der Waals surface area (Å²) in [5.41, 5.74) is 0.849. The van der Waals surface area contributed by atoms with Gasteiger partial charge in [0.15, 0.2) is 0 Å². The third-order valence-corrected chi connectivity index (χ3v) is 4.73. The molecule has 0 spiro atoms. The highest BCUT2D eigenvalue weighted by molar-refractivity contribution is 7.08. The molecule has 1 aromatic rings. The first-order valence-electron chi connectivity index (χ1n) is 6.66. The van der Waals surface area contributed by atoms with Crippen LogP contribution in [0.2, 0.25) is 0 Å². The Morgan fingerprint density at radius 2 is 2.21 bits per heavy atom. The second-order valence-corrected chi connectivity index (χ2v) is 5.75. The van der Waals surface area contributed by atoms with Crippen LogP contribution < -0.4 is 5.32 Å². The highest BCUT2D eigenvalue weighted by Crippen LogP contribution is 2.30. The summed E-state index contributed by atoms with van der Waals surface area (Å²) in [6, 6.07) is 0.765. The highest BCUT2D eigenvalue weighted by atomic mass is 35.5. The monoisotopic (exact) mass is 302 g/mol. The minimum absolute atomic E-state index is 0. The van der Waals surface area contributed by atoms with Crippen LogP contribution in [0.25, 0.3) is 0 Å². The molecule has 0 radical (unpaired) electrons. The summed E-state index contributed by atoms with van der Waals surface area (Å²) in [6.45, 7) is 3.97. The summed E-state index contributed by atoms with van der Waals surface area (Å²) in [5, 5.41) is 7.47. The number of carbonyl (C=O) groups excluding carboxylic acids is 1. The zero-order valence-electron chi connectivity index (χ0n) is 11.0. The molecule has 0 saturated carbocycles. The minimum Gasteiger partial charge on any atom is -0.331 e. The summed E-state index contributed by atoms with van der Waals surface area (Å²) in [7, 11) is 0. The highest BCUT2D eigenvalue weighted by Gasteiger charge is 2.39. The van der Waals surface area contributed by atoms with E-state index in [1.165, 1.54) is 11.5 Å². The van der Waals surface area contributed by atoms with Crippen molar-refractivity contribution in [3.63, 3.8) is 0 Å². The molecule has 2 aliphatic rings. The van der Waals surface area contributed by atoms with Crippen molar-refractivity contribution in [2.24, 2.45) is 0 Å². The zero-order chi connectivity index (χ0) is 12.5. The molecule has 2 bridgehead atoms. The minimum atomic E-state index is 0. The number of nitrogens with one attached hydrogen (secondary N) is 1. The molecule has 2 aliphatic heterocycles. The van der Waals surface area contributed by atoms with Gasteiger partial charge in [-0.3, -0.25) is 4.79 Å². The maximum atomic E-state index is 12.7. The van der Waals surface area contributed by atoms with Crippen molar-refractivity contribution in [1.29, 1.82) is 0 Å². The Hall–Kier alpha value is -0.720. The topological polar surface area (TPSA) is 58.1 Å².